The highest BCUT2D eigenvalue weighted by Gasteiger charge is 2.42. The summed E-state index contributed by atoms with van der Waals surface area (Å²) in [5, 5.41) is 10.9. The van der Waals surface area contributed by atoms with Gasteiger partial charge in [-0.25, -0.2) is 4.98 Å². The molecule has 0 aliphatic carbocycles. The van der Waals surface area contributed by atoms with E-state index in [-0.39, 0.29) is 5.16 Å². The number of oxime groups is 1. The van der Waals surface area contributed by atoms with Gasteiger partial charge >= 0.3 is 6.18 Å². The van der Waals surface area contributed by atoms with Crippen LogP contribution in [0.4, 0.5) is 13.2 Å². The lowest BCUT2D eigenvalue weighted by Gasteiger charge is -2.18. The predicted molar refractivity (Wildman–Crippen MR) is 72.5 cm³/mol. The van der Waals surface area contributed by atoms with Gasteiger partial charge in [-0.3, -0.25) is 4.79 Å². The van der Waals surface area contributed by atoms with Crippen LogP contribution in [0, 0.1) is 5.92 Å². The molecule has 0 radical (unpaired) electrons. The summed E-state index contributed by atoms with van der Waals surface area (Å²) in [6.45, 7) is 1.90. The van der Waals surface area contributed by atoms with E-state index < -0.39 is 29.2 Å². The summed E-state index contributed by atoms with van der Waals surface area (Å²) >= 11 is 0.695. The maximum atomic E-state index is 12.8. The zero-order valence-corrected chi connectivity index (χ0v) is 12.0. The van der Waals surface area contributed by atoms with Gasteiger partial charge in [-0.1, -0.05) is 30.3 Å². The molecule has 0 bridgehead atoms. The first-order valence-electron chi connectivity index (χ1n) is 6.05. The standard InChI is InChI=1S/C11H15F3N4O2S/c1-2-3-6-4-8(19)17-10(16-6)21-5-7(9(15)18-20)11(12,13)14/h4,7,20H,2-3,5H2,1H3,(H2,15,18)(H,16,17,19). The molecule has 1 aromatic rings. The van der Waals surface area contributed by atoms with Crippen molar-refractivity contribution < 1.29 is 18.4 Å². The van der Waals surface area contributed by atoms with Gasteiger partial charge in [-0.15, -0.1) is 0 Å². The summed E-state index contributed by atoms with van der Waals surface area (Å²) in [6, 6.07) is 1.30. The van der Waals surface area contributed by atoms with Crippen LogP contribution in [0.25, 0.3) is 0 Å². The fourth-order valence-electron chi connectivity index (χ4n) is 1.52. The maximum Gasteiger partial charge on any atom is 0.399 e. The largest absolute Gasteiger partial charge is 0.409 e. The number of thioether (sulfide) groups is 1. The lowest BCUT2D eigenvalue weighted by Crippen LogP contribution is -2.37. The van der Waals surface area contributed by atoms with Crippen molar-refractivity contribution in [3.8, 4) is 0 Å². The van der Waals surface area contributed by atoms with Crippen molar-refractivity contribution >= 4 is 17.6 Å². The van der Waals surface area contributed by atoms with E-state index in [0.717, 1.165) is 6.42 Å². The number of nitrogens with zero attached hydrogens (tertiary/aromatic N) is 2. The molecular formula is C11H15F3N4O2S. The highest BCUT2D eigenvalue weighted by molar-refractivity contribution is 7.99. The fourth-order valence-corrected chi connectivity index (χ4v) is 2.55. The molecular weight excluding hydrogens is 309 g/mol. The summed E-state index contributed by atoms with van der Waals surface area (Å²) in [5.41, 5.74) is 5.13. The third-order valence-electron chi connectivity index (χ3n) is 2.53. The van der Waals surface area contributed by atoms with Crippen molar-refractivity contribution in [2.75, 3.05) is 5.75 Å². The number of nitrogens with two attached hydrogens (primary N) is 1. The van der Waals surface area contributed by atoms with E-state index in [1.807, 2.05) is 6.92 Å². The quantitative estimate of drug-likeness (QED) is 0.185. The number of hydrogen-bond donors (Lipinski definition) is 3. The Morgan fingerprint density at radius 1 is 1.62 bits per heavy atom. The number of hydrogen-bond acceptors (Lipinski definition) is 5. The van der Waals surface area contributed by atoms with Gasteiger partial charge in [0, 0.05) is 17.5 Å². The van der Waals surface area contributed by atoms with Crippen LogP contribution in [0.3, 0.4) is 0 Å². The first-order valence-corrected chi connectivity index (χ1v) is 7.03. The Morgan fingerprint density at radius 3 is 2.81 bits per heavy atom. The van der Waals surface area contributed by atoms with Crippen molar-refractivity contribution in [2.45, 2.75) is 31.1 Å². The molecule has 4 N–H and O–H groups in total. The lowest BCUT2D eigenvalue weighted by molar-refractivity contribution is -0.150. The molecule has 1 rings (SSSR count). The Hall–Kier alpha value is -1.71. The molecule has 0 aliphatic rings. The van der Waals surface area contributed by atoms with E-state index in [4.69, 9.17) is 10.9 Å². The van der Waals surface area contributed by atoms with E-state index in [2.05, 4.69) is 15.1 Å². The molecule has 0 aliphatic heterocycles. The van der Waals surface area contributed by atoms with Crippen LogP contribution in [0.2, 0.25) is 0 Å². The van der Waals surface area contributed by atoms with Crippen LogP contribution in [0.15, 0.2) is 21.2 Å². The average Bonchev–Trinajstić information content (AvgIpc) is 2.36. The van der Waals surface area contributed by atoms with E-state index in [0.29, 0.717) is 23.9 Å². The van der Waals surface area contributed by atoms with Crippen LogP contribution < -0.4 is 11.3 Å². The number of aryl methyl sites for hydroxylation is 1. The van der Waals surface area contributed by atoms with Gasteiger partial charge in [-0.2, -0.15) is 13.2 Å². The van der Waals surface area contributed by atoms with Crippen LogP contribution >= 0.6 is 11.8 Å². The number of aromatic nitrogens is 2. The van der Waals surface area contributed by atoms with Crippen molar-refractivity contribution in [3.63, 3.8) is 0 Å². The Balaban J connectivity index is 2.88. The number of alkyl halides is 3. The Morgan fingerprint density at radius 2 is 2.29 bits per heavy atom. The Labute approximate surface area is 122 Å². The van der Waals surface area contributed by atoms with Crippen molar-refractivity contribution in [3.05, 3.63) is 22.1 Å². The van der Waals surface area contributed by atoms with Crippen molar-refractivity contribution in [1.29, 1.82) is 0 Å². The SMILES string of the molecule is CCCc1cc(=O)[nH]c(SCC(C(N)=NO)C(F)(F)F)n1. The Bertz CT molecular complexity index is 559. The highest BCUT2D eigenvalue weighted by Crippen LogP contribution is 2.30. The van der Waals surface area contributed by atoms with Gasteiger partial charge in [0.05, 0.1) is 0 Å². The fraction of sp³-hybridized carbons (Fsp3) is 0.545. The zero-order chi connectivity index (χ0) is 16.0. The molecule has 1 atom stereocenters. The van der Waals surface area contributed by atoms with Gasteiger partial charge in [-0.05, 0) is 6.42 Å². The second kappa shape index (κ2) is 7.34. The third-order valence-corrected chi connectivity index (χ3v) is 3.50. The molecule has 1 unspecified atom stereocenters. The number of H-pyrrole nitrogens is 1. The first-order chi connectivity index (χ1) is 9.77. The van der Waals surface area contributed by atoms with Crippen molar-refractivity contribution in [2.24, 2.45) is 16.8 Å². The molecule has 0 saturated heterocycles. The van der Waals surface area contributed by atoms with E-state index in [1.165, 1.54) is 6.07 Å². The summed E-state index contributed by atoms with van der Waals surface area (Å²) < 4.78 is 38.3. The van der Waals surface area contributed by atoms with Gasteiger partial charge < -0.3 is 15.9 Å². The predicted octanol–water partition coefficient (Wildman–Crippen LogP) is 1.74. The number of amidine groups is 1. The Kier molecular flexibility index (Phi) is 6.06. The minimum atomic E-state index is -4.65. The molecule has 0 aromatic carbocycles. The van der Waals surface area contributed by atoms with E-state index >= 15 is 0 Å². The van der Waals surface area contributed by atoms with Crippen molar-refractivity contribution in [1.82, 2.24) is 9.97 Å². The summed E-state index contributed by atoms with van der Waals surface area (Å²) in [7, 11) is 0. The van der Waals surface area contributed by atoms with Gasteiger partial charge in [0.2, 0.25) is 0 Å². The number of aromatic amines is 1. The minimum Gasteiger partial charge on any atom is -0.409 e. The first kappa shape index (κ1) is 17.3. The zero-order valence-electron chi connectivity index (χ0n) is 11.1. The molecule has 0 fully saturated rings. The lowest BCUT2D eigenvalue weighted by atomic mass is 10.1. The normalized spacial score (nSPS) is 14.2. The third kappa shape index (κ3) is 5.29. The molecule has 10 heteroatoms. The summed E-state index contributed by atoms with van der Waals surface area (Å²) in [4.78, 5) is 17.8. The molecule has 6 nitrogen and oxygen atoms in total. The molecule has 0 saturated carbocycles. The van der Waals surface area contributed by atoms with Crippen LogP contribution in [-0.2, 0) is 6.42 Å². The van der Waals surface area contributed by atoms with Gasteiger partial charge in [0.1, 0.15) is 5.92 Å². The maximum absolute atomic E-state index is 12.8. The van der Waals surface area contributed by atoms with E-state index in [1.54, 1.807) is 0 Å². The van der Waals surface area contributed by atoms with Gasteiger partial charge in [0.25, 0.3) is 5.56 Å². The smallest absolute Gasteiger partial charge is 0.399 e. The monoisotopic (exact) mass is 324 g/mol. The second-order valence-corrected chi connectivity index (χ2v) is 5.23. The molecule has 0 spiro atoms. The topological polar surface area (TPSA) is 104 Å². The molecule has 21 heavy (non-hydrogen) atoms. The number of rotatable bonds is 6. The second-order valence-electron chi connectivity index (χ2n) is 4.22. The van der Waals surface area contributed by atoms with Crippen LogP contribution in [0.1, 0.15) is 19.0 Å². The minimum absolute atomic E-state index is 0.0749. The molecule has 1 aromatic heterocycles. The van der Waals surface area contributed by atoms with E-state index in [9.17, 15) is 18.0 Å². The van der Waals surface area contributed by atoms with Crippen LogP contribution in [-0.4, -0.2) is 32.9 Å². The molecule has 0 amide bonds. The number of halogens is 3. The summed E-state index contributed by atoms with van der Waals surface area (Å²) in [6.07, 6.45) is -3.33. The highest BCUT2D eigenvalue weighted by atomic mass is 32.2. The summed E-state index contributed by atoms with van der Waals surface area (Å²) in [5.74, 6) is -3.59. The number of nitrogens with one attached hydrogen (secondary N) is 1. The van der Waals surface area contributed by atoms with Crippen LogP contribution in [0.5, 0.6) is 0 Å². The van der Waals surface area contributed by atoms with Gasteiger partial charge in [0.15, 0.2) is 11.0 Å². The molecule has 1 heterocycles. The average molecular weight is 324 g/mol. The molecule has 118 valence electrons.